The van der Waals surface area contributed by atoms with E-state index in [0.29, 0.717) is 12.8 Å². The third kappa shape index (κ3) is 3.35. The van der Waals surface area contributed by atoms with E-state index in [1.54, 1.807) is 17.1 Å². The van der Waals surface area contributed by atoms with Crippen LogP contribution in [0.5, 0.6) is 0 Å². The SMILES string of the molecule is Cn1cc(NC(=O)CCc2cccc(N)c2)cn1. The molecule has 2 rings (SSSR count). The van der Waals surface area contributed by atoms with Gasteiger partial charge in [-0.2, -0.15) is 5.10 Å². The van der Waals surface area contributed by atoms with Gasteiger partial charge in [0.2, 0.25) is 5.91 Å². The van der Waals surface area contributed by atoms with E-state index >= 15 is 0 Å². The van der Waals surface area contributed by atoms with Gasteiger partial charge in [0.15, 0.2) is 0 Å². The zero-order valence-electron chi connectivity index (χ0n) is 10.3. The van der Waals surface area contributed by atoms with Gasteiger partial charge >= 0.3 is 0 Å². The molecule has 0 bridgehead atoms. The molecule has 0 fully saturated rings. The van der Waals surface area contributed by atoms with Gasteiger partial charge in [-0.15, -0.1) is 0 Å². The number of hydrogen-bond acceptors (Lipinski definition) is 3. The summed E-state index contributed by atoms with van der Waals surface area (Å²) in [4.78, 5) is 11.7. The number of amides is 1. The Kier molecular flexibility index (Phi) is 3.62. The first-order valence-electron chi connectivity index (χ1n) is 5.76. The van der Waals surface area contributed by atoms with Gasteiger partial charge in [-0.1, -0.05) is 12.1 Å². The van der Waals surface area contributed by atoms with Crippen molar-refractivity contribution in [3.05, 3.63) is 42.2 Å². The Morgan fingerprint density at radius 3 is 3.00 bits per heavy atom. The molecule has 0 aliphatic carbocycles. The van der Waals surface area contributed by atoms with Crippen molar-refractivity contribution in [1.82, 2.24) is 9.78 Å². The maximum absolute atomic E-state index is 11.7. The fourth-order valence-corrected chi connectivity index (χ4v) is 1.72. The smallest absolute Gasteiger partial charge is 0.224 e. The number of carbonyl (C=O) groups is 1. The molecule has 1 aromatic carbocycles. The van der Waals surface area contributed by atoms with Gasteiger partial charge in [-0.05, 0) is 24.1 Å². The molecular formula is C13H16N4O. The fourth-order valence-electron chi connectivity index (χ4n) is 1.72. The van der Waals surface area contributed by atoms with Crippen molar-refractivity contribution in [2.75, 3.05) is 11.1 Å². The van der Waals surface area contributed by atoms with E-state index in [-0.39, 0.29) is 5.91 Å². The summed E-state index contributed by atoms with van der Waals surface area (Å²) in [5.74, 6) is -0.0228. The maximum Gasteiger partial charge on any atom is 0.224 e. The topological polar surface area (TPSA) is 72.9 Å². The molecule has 0 atom stereocenters. The molecule has 1 amide bonds. The number of carbonyl (C=O) groups excluding carboxylic acids is 1. The zero-order chi connectivity index (χ0) is 13.0. The highest BCUT2D eigenvalue weighted by Crippen LogP contribution is 2.10. The number of hydrogen-bond donors (Lipinski definition) is 2. The van der Waals surface area contributed by atoms with Gasteiger partial charge in [-0.3, -0.25) is 9.48 Å². The second-order valence-corrected chi connectivity index (χ2v) is 4.20. The first-order chi connectivity index (χ1) is 8.63. The molecule has 0 aliphatic rings. The van der Waals surface area contributed by atoms with Crippen molar-refractivity contribution in [3.8, 4) is 0 Å². The van der Waals surface area contributed by atoms with E-state index in [1.807, 2.05) is 31.3 Å². The number of nitrogen functional groups attached to an aromatic ring is 1. The van der Waals surface area contributed by atoms with E-state index in [0.717, 1.165) is 16.9 Å². The Hall–Kier alpha value is -2.30. The summed E-state index contributed by atoms with van der Waals surface area (Å²) in [5, 5.41) is 6.78. The summed E-state index contributed by atoms with van der Waals surface area (Å²) in [6.45, 7) is 0. The first kappa shape index (κ1) is 12.2. The standard InChI is InChI=1S/C13H16N4O/c1-17-9-12(8-15-17)16-13(18)6-5-10-3-2-4-11(14)7-10/h2-4,7-9H,5-6,14H2,1H3,(H,16,18). The molecule has 1 aromatic heterocycles. The van der Waals surface area contributed by atoms with Gasteiger partial charge in [0.25, 0.3) is 0 Å². The average Bonchev–Trinajstić information content (AvgIpc) is 2.72. The normalized spacial score (nSPS) is 10.3. The molecule has 1 heterocycles. The van der Waals surface area contributed by atoms with Crippen LogP contribution in [0.3, 0.4) is 0 Å². The molecule has 3 N–H and O–H groups in total. The van der Waals surface area contributed by atoms with Gasteiger partial charge < -0.3 is 11.1 Å². The molecule has 5 nitrogen and oxygen atoms in total. The molecular weight excluding hydrogens is 228 g/mol. The van der Waals surface area contributed by atoms with Crippen LogP contribution in [-0.4, -0.2) is 15.7 Å². The Labute approximate surface area is 106 Å². The van der Waals surface area contributed by atoms with Crippen LogP contribution >= 0.6 is 0 Å². The minimum Gasteiger partial charge on any atom is -0.399 e. The van der Waals surface area contributed by atoms with Gasteiger partial charge in [0, 0.05) is 25.4 Å². The molecule has 94 valence electrons. The van der Waals surface area contributed by atoms with Crippen LogP contribution in [-0.2, 0) is 18.3 Å². The molecule has 18 heavy (non-hydrogen) atoms. The maximum atomic E-state index is 11.7. The third-order valence-corrected chi connectivity index (χ3v) is 2.58. The zero-order valence-corrected chi connectivity index (χ0v) is 10.3. The quantitative estimate of drug-likeness (QED) is 0.802. The predicted molar refractivity (Wildman–Crippen MR) is 71.0 cm³/mol. The third-order valence-electron chi connectivity index (χ3n) is 2.58. The van der Waals surface area contributed by atoms with Gasteiger partial charge in [-0.25, -0.2) is 0 Å². The molecule has 5 heteroatoms. The van der Waals surface area contributed by atoms with Crippen LogP contribution in [0.4, 0.5) is 11.4 Å². The van der Waals surface area contributed by atoms with E-state index in [4.69, 9.17) is 5.73 Å². The number of anilines is 2. The molecule has 0 spiro atoms. The lowest BCUT2D eigenvalue weighted by Crippen LogP contribution is -2.11. The lowest BCUT2D eigenvalue weighted by Gasteiger charge is -2.03. The van der Waals surface area contributed by atoms with E-state index in [9.17, 15) is 4.79 Å². The highest BCUT2D eigenvalue weighted by atomic mass is 16.1. The molecule has 0 unspecified atom stereocenters. The molecule has 2 aromatic rings. The van der Waals surface area contributed by atoms with Crippen LogP contribution in [0.15, 0.2) is 36.7 Å². The number of rotatable bonds is 4. The minimum absolute atomic E-state index is 0.0228. The number of nitrogens with one attached hydrogen (secondary N) is 1. The van der Waals surface area contributed by atoms with E-state index < -0.39 is 0 Å². The van der Waals surface area contributed by atoms with E-state index in [2.05, 4.69) is 10.4 Å². The summed E-state index contributed by atoms with van der Waals surface area (Å²) >= 11 is 0. The number of nitrogens with two attached hydrogens (primary N) is 1. The fraction of sp³-hybridized carbons (Fsp3) is 0.231. The van der Waals surface area contributed by atoms with Crippen molar-refractivity contribution < 1.29 is 4.79 Å². The van der Waals surface area contributed by atoms with Crippen LogP contribution < -0.4 is 11.1 Å². The second-order valence-electron chi connectivity index (χ2n) is 4.20. The molecule has 0 saturated carbocycles. The summed E-state index contributed by atoms with van der Waals surface area (Å²) in [7, 11) is 1.81. The van der Waals surface area contributed by atoms with Crippen molar-refractivity contribution in [1.29, 1.82) is 0 Å². The molecule has 0 saturated heterocycles. The highest BCUT2D eigenvalue weighted by molar-refractivity contribution is 5.90. The number of benzene rings is 1. The van der Waals surface area contributed by atoms with Crippen LogP contribution in [0, 0.1) is 0 Å². The first-order valence-corrected chi connectivity index (χ1v) is 5.76. The minimum atomic E-state index is -0.0228. The Bertz CT molecular complexity index is 547. The van der Waals surface area contributed by atoms with Crippen molar-refractivity contribution in [2.45, 2.75) is 12.8 Å². The average molecular weight is 244 g/mol. The predicted octanol–water partition coefficient (Wildman–Crippen LogP) is 1.57. The highest BCUT2D eigenvalue weighted by Gasteiger charge is 2.04. The second kappa shape index (κ2) is 5.35. The number of aromatic nitrogens is 2. The lowest BCUT2D eigenvalue weighted by molar-refractivity contribution is -0.116. The molecule has 0 aliphatic heterocycles. The number of nitrogens with zero attached hydrogens (tertiary/aromatic N) is 2. The van der Waals surface area contributed by atoms with Crippen molar-refractivity contribution in [3.63, 3.8) is 0 Å². The van der Waals surface area contributed by atoms with Crippen LogP contribution in [0.2, 0.25) is 0 Å². The summed E-state index contributed by atoms with van der Waals surface area (Å²) in [5.41, 5.74) is 8.19. The van der Waals surface area contributed by atoms with Gasteiger partial charge in [0.05, 0.1) is 11.9 Å². The largest absolute Gasteiger partial charge is 0.399 e. The van der Waals surface area contributed by atoms with Gasteiger partial charge in [0.1, 0.15) is 0 Å². The number of aryl methyl sites for hydroxylation is 2. The van der Waals surface area contributed by atoms with Crippen molar-refractivity contribution >= 4 is 17.3 Å². The lowest BCUT2D eigenvalue weighted by atomic mass is 10.1. The monoisotopic (exact) mass is 244 g/mol. The van der Waals surface area contributed by atoms with Crippen molar-refractivity contribution in [2.24, 2.45) is 7.05 Å². The summed E-state index contributed by atoms with van der Waals surface area (Å²) < 4.78 is 1.65. The Balaban J connectivity index is 1.85. The Morgan fingerprint density at radius 1 is 1.50 bits per heavy atom. The summed E-state index contributed by atoms with van der Waals surface area (Å²) in [6, 6.07) is 7.58. The Morgan fingerprint density at radius 2 is 2.33 bits per heavy atom. The van der Waals surface area contributed by atoms with Crippen LogP contribution in [0.25, 0.3) is 0 Å². The van der Waals surface area contributed by atoms with E-state index in [1.165, 1.54) is 0 Å². The van der Waals surface area contributed by atoms with Crippen LogP contribution in [0.1, 0.15) is 12.0 Å². The summed E-state index contributed by atoms with van der Waals surface area (Å²) in [6.07, 6.45) is 4.49. The molecule has 0 radical (unpaired) electrons.